The standard InChI is InChI=1S/C11H16ClN4O/c1-9(8-15(4)14(2)3)16-6-5-11(17)10(7-12)13-16/h5-6,8H,2,7H2,1,3-4H3/q+1. The lowest BCUT2D eigenvalue weighted by molar-refractivity contribution is -0.639. The van der Waals surface area contributed by atoms with Gasteiger partial charge in [0.1, 0.15) is 5.69 Å². The third kappa shape index (κ3) is 3.42. The van der Waals surface area contributed by atoms with E-state index < -0.39 is 0 Å². The van der Waals surface area contributed by atoms with Crippen LogP contribution in [0.25, 0.3) is 5.70 Å². The number of halogens is 1. The molecular weight excluding hydrogens is 240 g/mol. The van der Waals surface area contributed by atoms with E-state index in [1.54, 1.807) is 20.6 Å². The van der Waals surface area contributed by atoms with Gasteiger partial charge in [-0.3, -0.25) is 4.79 Å². The van der Waals surface area contributed by atoms with Crippen LogP contribution >= 0.6 is 11.6 Å². The van der Waals surface area contributed by atoms with Crippen LogP contribution in [0.2, 0.25) is 0 Å². The third-order valence-electron chi connectivity index (χ3n) is 2.28. The third-order valence-corrected chi connectivity index (χ3v) is 2.53. The molecule has 5 nitrogen and oxygen atoms in total. The summed E-state index contributed by atoms with van der Waals surface area (Å²) in [5, 5.41) is 5.94. The Labute approximate surface area is 105 Å². The van der Waals surface area contributed by atoms with Gasteiger partial charge in [-0.05, 0) is 6.92 Å². The summed E-state index contributed by atoms with van der Waals surface area (Å²) >= 11 is 5.64. The Morgan fingerprint density at radius 2 is 2.41 bits per heavy atom. The van der Waals surface area contributed by atoms with Gasteiger partial charge in [-0.1, -0.05) is 0 Å². The Bertz CT molecular complexity index is 506. The van der Waals surface area contributed by atoms with Crippen LogP contribution in [0.1, 0.15) is 12.6 Å². The molecule has 0 atom stereocenters. The van der Waals surface area contributed by atoms with Crippen molar-refractivity contribution in [2.24, 2.45) is 0 Å². The van der Waals surface area contributed by atoms with E-state index >= 15 is 0 Å². The van der Waals surface area contributed by atoms with Gasteiger partial charge in [0.25, 0.3) is 0 Å². The van der Waals surface area contributed by atoms with Gasteiger partial charge < -0.3 is 0 Å². The normalized spacial score (nSPS) is 11.4. The van der Waals surface area contributed by atoms with Crippen LogP contribution < -0.4 is 5.43 Å². The highest BCUT2D eigenvalue weighted by atomic mass is 35.5. The topological polar surface area (TPSA) is 41.1 Å². The van der Waals surface area contributed by atoms with Gasteiger partial charge in [0.15, 0.2) is 13.8 Å². The number of hydrogen-bond acceptors (Lipinski definition) is 3. The molecule has 0 bridgehead atoms. The van der Waals surface area contributed by atoms with Crippen molar-refractivity contribution in [2.75, 3.05) is 14.1 Å². The van der Waals surface area contributed by atoms with Gasteiger partial charge in [0.2, 0.25) is 5.43 Å². The quantitative estimate of drug-likeness (QED) is 0.349. The van der Waals surface area contributed by atoms with Crippen LogP contribution in [0.15, 0.2) is 23.3 Å². The Kier molecular flexibility index (Phi) is 4.45. The first kappa shape index (κ1) is 13.4. The Hall–Kier alpha value is -1.62. The number of hydrazine groups is 1. The van der Waals surface area contributed by atoms with Crippen LogP contribution in [-0.4, -0.2) is 40.3 Å². The molecule has 0 unspecified atom stereocenters. The lowest BCUT2D eigenvalue weighted by atomic mass is 10.4. The highest BCUT2D eigenvalue weighted by molar-refractivity contribution is 6.16. The molecule has 0 aliphatic heterocycles. The number of allylic oxidation sites excluding steroid dienone is 1. The lowest BCUT2D eigenvalue weighted by Gasteiger charge is -2.10. The molecule has 0 fully saturated rings. The number of hydrogen-bond donors (Lipinski definition) is 0. The van der Waals surface area contributed by atoms with Gasteiger partial charge in [0.05, 0.1) is 24.8 Å². The molecular formula is C11H16ClN4O+. The van der Waals surface area contributed by atoms with E-state index in [2.05, 4.69) is 11.8 Å². The summed E-state index contributed by atoms with van der Waals surface area (Å²) < 4.78 is 3.29. The van der Waals surface area contributed by atoms with Crippen LogP contribution in [0.3, 0.4) is 0 Å². The highest BCUT2D eigenvalue weighted by Gasteiger charge is 2.04. The molecule has 17 heavy (non-hydrogen) atoms. The SMILES string of the molecule is C=[N+](C)N(C)C=C(C)n1ccc(=O)c(CCl)n1. The molecule has 0 aliphatic carbocycles. The van der Waals surface area contributed by atoms with Crippen molar-refractivity contribution in [3.8, 4) is 0 Å². The first-order valence-corrected chi connectivity index (χ1v) is 5.59. The average molecular weight is 256 g/mol. The van der Waals surface area contributed by atoms with Gasteiger partial charge in [-0.2, -0.15) is 10.1 Å². The van der Waals surface area contributed by atoms with E-state index in [0.29, 0.717) is 5.69 Å². The molecule has 1 heterocycles. The highest BCUT2D eigenvalue weighted by Crippen LogP contribution is 2.02. The fourth-order valence-electron chi connectivity index (χ4n) is 1.16. The minimum absolute atomic E-state index is 0.109. The van der Waals surface area contributed by atoms with Crippen molar-refractivity contribution >= 4 is 24.0 Å². The summed E-state index contributed by atoms with van der Waals surface area (Å²) in [5.41, 5.74) is 1.05. The second-order valence-corrected chi connectivity index (χ2v) is 3.97. The van der Waals surface area contributed by atoms with E-state index in [9.17, 15) is 4.79 Å². The maximum absolute atomic E-state index is 11.3. The molecule has 0 aliphatic rings. The number of rotatable bonds is 4. The van der Waals surface area contributed by atoms with Crippen molar-refractivity contribution in [1.82, 2.24) is 14.8 Å². The lowest BCUT2D eigenvalue weighted by Crippen LogP contribution is -2.22. The first-order valence-electron chi connectivity index (χ1n) is 5.06. The summed E-state index contributed by atoms with van der Waals surface area (Å²) in [6, 6.07) is 1.45. The maximum Gasteiger partial charge on any atom is 0.204 e. The largest absolute Gasteiger partial charge is 0.288 e. The van der Waals surface area contributed by atoms with Gasteiger partial charge >= 0.3 is 0 Å². The number of hydrazone groups is 1. The predicted octanol–water partition coefficient (Wildman–Crippen LogP) is 0.990. The van der Waals surface area contributed by atoms with E-state index in [4.69, 9.17) is 11.6 Å². The van der Waals surface area contributed by atoms with Gasteiger partial charge in [0, 0.05) is 12.3 Å². The molecule has 0 spiro atoms. The fourth-order valence-corrected chi connectivity index (χ4v) is 1.35. The molecule has 0 radical (unpaired) electrons. The van der Waals surface area contributed by atoms with E-state index in [1.807, 2.05) is 27.2 Å². The fraction of sp³-hybridized carbons (Fsp3) is 0.364. The summed E-state index contributed by atoms with van der Waals surface area (Å²) in [6.45, 7) is 5.63. The molecule has 1 aromatic rings. The van der Waals surface area contributed by atoms with Crippen LogP contribution in [0, 0.1) is 0 Å². The van der Waals surface area contributed by atoms with Crippen molar-refractivity contribution in [1.29, 1.82) is 0 Å². The van der Waals surface area contributed by atoms with Crippen LogP contribution in [0.5, 0.6) is 0 Å². The zero-order valence-corrected chi connectivity index (χ0v) is 11.0. The number of aromatic nitrogens is 2. The molecule has 1 rings (SSSR count). The monoisotopic (exact) mass is 255 g/mol. The predicted molar refractivity (Wildman–Crippen MR) is 69.1 cm³/mol. The summed E-state index contributed by atoms with van der Waals surface area (Å²) in [4.78, 5) is 11.3. The summed E-state index contributed by atoms with van der Waals surface area (Å²) in [7, 11) is 3.69. The van der Waals surface area contributed by atoms with Crippen LogP contribution in [-0.2, 0) is 5.88 Å². The zero-order chi connectivity index (χ0) is 13.0. The van der Waals surface area contributed by atoms with Gasteiger partial charge in [-0.25, -0.2) is 4.68 Å². The molecule has 1 aromatic heterocycles. The van der Waals surface area contributed by atoms with E-state index in [0.717, 1.165) is 5.70 Å². The Morgan fingerprint density at radius 1 is 1.76 bits per heavy atom. The number of nitrogens with zero attached hydrogens (tertiary/aromatic N) is 4. The Balaban J connectivity index is 3.08. The van der Waals surface area contributed by atoms with Gasteiger partial charge in [-0.15, -0.1) is 16.3 Å². The summed E-state index contributed by atoms with van der Waals surface area (Å²) in [6.07, 6.45) is 3.46. The van der Waals surface area contributed by atoms with Crippen molar-refractivity contribution < 1.29 is 4.68 Å². The summed E-state index contributed by atoms with van der Waals surface area (Å²) in [5.74, 6) is 0.109. The smallest absolute Gasteiger partial charge is 0.204 e. The first-order chi connectivity index (χ1) is 7.95. The van der Waals surface area contributed by atoms with E-state index in [-0.39, 0.29) is 11.3 Å². The van der Waals surface area contributed by atoms with E-state index in [1.165, 1.54) is 6.07 Å². The number of alkyl halides is 1. The maximum atomic E-state index is 11.3. The van der Waals surface area contributed by atoms with Crippen molar-refractivity contribution in [3.05, 3.63) is 34.4 Å². The van der Waals surface area contributed by atoms with Crippen molar-refractivity contribution in [2.45, 2.75) is 12.8 Å². The minimum atomic E-state index is -0.147. The minimum Gasteiger partial charge on any atom is -0.288 e. The average Bonchev–Trinajstić information content (AvgIpc) is 2.29. The second-order valence-electron chi connectivity index (χ2n) is 3.71. The molecule has 0 saturated heterocycles. The molecule has 6 heteroatoms. The molecule has 0 N–H and O–H groups in total. The molecule has 0 amide bonds. The van der Waals surface area contributed by atoms with Crippen LogP contribution in [0.4, 0.5) is 0 Å². The second kappa shape index (κ2) is 5.63. The molecule has 0 aromatic carbocycles. The molecule has 92 valence electrons. The zero-order valence-electron chi connectivity index (χ0n) is 10.2. The Morgan fingerprint density at radius 3 is 2.94 bits per heavy atom. The molecule has 0 saturated carbocycles. The van der Waals surface area contributed by atoms with Crippen molar-refractivity contribution in [3.63, 3.8) is 0 Å².